The molecule has 0 aliphatic heterocycles. The Kier molecular flexibility index (Phi) is 3.50. The molecule has 0 bridgehead atoms. The monoisotopic (exact) mass is 251 g/mol. The second-order valence-corrected chi connectivity index (χ2v) is 3.69. The molecule has 0 aliphatic rings. The zero-order valence-electron chi connectivity index (χ0n) is 6.23. The first kappa shape index (κ1) is 9.96. The van der Waals surface area contributed by atoms with Crippen LogP contribution in [0, 0.1) is 0 Å². The molecule has 0 fully saturated rings. The molecule has 12 heavy (non-hydrogen) atoms. The second kappa shape index (κ2) is 4.21. The van der Waals surface area contributed by atoms with Crippen LogP contribution in [0.2, 0.25) is 5.02 Å². The van der Waals surface area contributed by atoms with Gasteiger partial charge >= 0.3 is 0 Å². The van der Waals surface area contributed by atoms with Crippen molar-refractivity contribution in [3.05, 3.63) is 33.3 Å². The lowest BCUT2D eigenvalue weighted by Crippen LogP contribution is -2.07. The summed E-state index contributed by atoms with van der Waals surface area (Å²) in [7, 11) is 0. The summed E-state index contributed by atoms with van der Waals surface area (Å²) in [5.41, 5.74) is 5.61. The molecule has 1 nitrogen and oxygen atoms in total. The van der Waals surface area contributed by atoms with Crippen LogP contribution in [0.25, 0.3) is 0 Å². The normalized spacial score (nSPS) is 13.0. The van der Waals surface area contributed by atoms with Gasteiger partial charge in [0.25, 0.3) is 0 Å². The molecule has 0 aromatic heterocycles. The maximum atomic E-state index is 13.0. The summed E-state index contributed by atoms with van der Waals surface area (Å²) in [6, 6.07) is 5.02. The third-order valence-electron chi connectivity index (χ3n) is 1.51. The Morgan fingerprint density at radius 3 is 2.75 bits per heavy atom. The van der Waals surface area contributed by atoms with Crippen LogP contribution < -0.4 is 5.73 Å². The fourth-order valence-corrected chi connectivity index (χ4v) is 1.67. The summed E-state index contributed by atoms with van der Waals surface area (Å²) < 4.78 is 13.9. The summed E-state index contributed by atoms with van der Waals surface area (Å²) >= 11 is 9.01. The van der Waals surface area contributed by atoms with Crippen molar-refractivity contribution in [1.29, 1.82) is 0 Å². The zero-order valence-corrected chi connectivity index (χ0v) is 8.57. The van der Waals surface area contributed by atoms with Crippen molar-refractivity contribution < 1.29 is 4.39 Å². The molecule has 1 rings (SSSR count). The summed E-state index contributed by atoms with van der Waals surface area (Å²) in [6.45, 7) is -0.0403. The van der Waals surface area contributed by atoms with Gasteiger partial charge in [0.05, 0.1) is 0 Å². The van der Waals surface area contributed by atoms with Crippen molar-refractivity contribution in [1.82, 2.24) is 0 Å². The third kappa shape index (κ3) is 2.19. The number of hydrogen-bond acceptors (Lipinski definition) is 1. The molecule has 0 saturated carbocycles. The van der Waals surface area contributed by atoms with Gasteiger partial charge in [0.2, 0.25) is 0 Å². The largest absolute Gasteiger partial charge is 0.327 e. The van der Waals surface area contributed by atoms with E-state index >= 15 is 0 Å². The molecule has 1 aromatic carbocycles. The van der Waals surface area contributed by atoms with Crippen LogP contribution in [-0.4, -0.2) is 6.54 Å². The lowest BCUT2D eigenvalue weighted by molar-refractivity contribution is 0.353. The Morgan fingerprint density at radius 2 is 2.25 bits per heavy atom. The lowest BCUT2D eigenvalue weighted by atomic mass is 10.1. The van der Waals surface area contributed by atoms with E-state index < -0.39 is 6.17 Å². The highest BCUT2D eigenvalue weighted by Gasteiger charge is 2.10. The van der Waals surface area contributed by atoms with E-state index in [2.05, 4.69) is 15.9 Å². The van der Waals surface area contributed by atoms with E-state index in [9.17, 15) is 4.39 Å². The maximum absolute atomic E-state index is 13.0. The molecular formula is C8H8BrClFN. The Hall–Kier alpha value is -0.120. The van der Waals surface area contributed by atoms with E-state index in [0.717, 1.165) is 4.47 Å². The van der Waals surface area contributed by atoms with Crippen molar-refractivity contribution in [3.8, 4) is 0 Å². The highest BCUT2D eigenvalue weighted by molar-refractivity contribution is 9.10. The zero-order chi connectivity index (χ0) is 9.14. The average molecular weight is 253 g/mol. The van der Waals surface area contributed by atoms with Gasteiger partial charge in [-0.2, -0.15) is 0 Å². The lowest BCUT2D eigenvalue weighted by Gasteiger charge is -2.07. The van der Waals surface area contributed by atoms with Crippen LogP contribution >= 0.6 is 27.5 Å². The van der Waals surface area contributed by atoms with Crippen LogP contribution in [0.1, 0.15) is 11.7 Å². The fourth-order valence-electron chi connectivity index (χ4n) is 0.883. The first-order chi connectivity index (χ1) is 5.65. The van der Waals surface area contributed by atoms with Gasteiger partial charge in [-0.15, -0.1) is 0 Å². The van der Waals surface area contributed by atoms with Crippen LogP contribution in [0.15, 0.2) is 22.7 Å². The summed E-state index contributed by atoms with van der Waals surface area (Å²) in [5, 5.41) is 0.405. The number of rotatable bonds is 2. The van der Waals surface area contributed by atoms with Crippen LogP contribution in [0.3, 0.4) is 0 Å². The molecule has 0 spiro atoms. The molecule has 66 valence electrons. The molecule has 0 aliphatic carbocycles. The summed E-state index contributed by atoms with van der Waals surface area (Å²) in [6.07, 6.45) is -1.18. The standard InChI is InChI=1S/C8H8BrClFN/c9-5-1-2-6(7(10)3-5)8(11)4-12/h1-3,8H,4,12H2/t8-/m0/s1. The van der Waals surface area contributed by atoms with Crippen molar-refractivity contribution in [2.45, 2.75) is 6.17 Å². The first-order valence-electron chi connectivity index (χ1n) is 3.44. The molecule has 4 heteroatoms. The molecule has 1 aromatic rings. The van der Waals surface area contributed by atoms with E-state index in [4.69, 9.17) is 17.3 Å². The smallest absolute Gasteiger partial charge is 0.139 e. The minimum absolute atomic E-state index is 0.0403. The molecule has 0 amide bonds. The van der Waals surface area contributed by atoms with Gasteiger partial charge in [-0.25, -0.2) is 4.39 Å². The van der Waals surface area contributed by atoms with E-state index in [1.54, 1.807) is 18.2 Å². The predicted octanol–water partition coefficient (Wildman–Crippen LogP) is 3.07. The van der Waals surface area contributed by atoms with Gasteiger partial charge in [0.15, 0.2) is 0 Å². The fraction of sp³-hybridized carbons (Fsp3) is 0.250. The highest BCUT2D eigenvalue weighted by Crippen LogP contribution is 2.27. The van der Waals surface area contributed by atoms with Crippen LogP contribution in [0.5, 0.6) is 0 Å². The number of hydrogen-bond donors (Lipinski definition) is 1. The van der Waals surface area contributed by atoms with Gasteiger partial charge in [-0.05, 0) is 12.1 Å². The molecule has 0 saturated heterocycles. The van der Waals surface area contributed by atoms with Crippen molar-refractivity contribution in [2.24, 2.45) is 5.73 Å². The molecule has 0 heterocycles. The van der Waals surface area contributed by atoms with Gasteiger partial charge < -0.3 is 5.73 Å². The topological polar surface area (TPSA) is 26.0 Å². The highest BCUT2D eigenvalue weighted by atomic mass is 79.9. The minimum Gasteiger partial charge on any atom is -0.327 e. The number of alkyl halides is 1. The Labute approximate surface area is 83.8 Å². The SMILES string of the molecule is NC[C@H](F)c1ccc(Br)cc1Cl. The van der Waals surface area contributed by atoms with Crippen LogP contribution in [-0.2, 0) is 0 Å². The number of nitrogens with two attached hydrogens (primary N) is 1. The van der Waals surface area contributed by atoms with Crippen LogP contribution in [0.4, 0.5) is 4.39 Å². The average Bonchev–Trinajstić information content (AvgIpc) is 2.03. The van der Waals surface area contributed by atoms with E-state index in [0.29, 0.717) is 10.6 Å². The number of benzene rings is 1. The van der Waals surface area contributed by atoms with Gasteiger partial charge in [0.1, 0.15) is 6.17 Å². The van der Waals surface area contributed by atoms with Crippen molar-refractivity contribution in [2.75, 3.05) is 6.54 Å². The van der Waals surface area contributed by atoms with E-state index in [1.165, 1.54) is 0 Å². The molecule has 1 atom stereocenters. The predicted molar refractivity (Wildman–Crippen MR) is 52.1 cm³/mol. The Morgan fingerprint density at radius 1 is 1.58 bits per heavy atom. The molecular weight excluding hydrogens is 244 g/mol. The second-order valence-electron chi connectivity index (χ2n) is 2.37. The molecule has 0 unspecified atom stereocenters. The molecule has 2 N–H and O–H groups in total. The minimum atomic E-state index is -1.18. The number of halogens is 3. The quantitative estimate of drug-likeness (QED) is 0.860. The third-order valence-corrected chi connectivity index (χ3v) is 2.33. The summed E-state index contributed by atoms with van der Waals surface area (Å²) in [4.78, 5) is 0. The Bertz CT molecular complexity index is 280. The van der Waals surface area contributed by atoms with Gasteiger partial charge in [-0.1, -0.05) is 33.6 Å². The van der Waals surface area contributed by atoms with Crippen molar-refractivity contribution in [3.63, 3.8) is 0 Å². The van der Waals surface area contributed by atoms with Crippen molar-refractivity contribution >= 4 is 27.5 Å². The first-order valence-corrected chi connectivity index (χ1v) is 4.61. The maximum Gasteiger partial charge on any atom is 0.139 e. The summed E-state index contributed by atoms with van der Waals surface area (Å²) in [5.74, 6) is 0. The Balaban J connectivity index is 3.01. The molecule has 0 radical (unpaired) electrons. The van der Waals surface area contributed by atoms with Gasteiger partial charge in [0, 0.05) is 21.6 Å². The van der Waals surface area contributed by atoms with Gasteiger partial charge in [-0.3, -0.25) is 0 Å². The van der Waals surface area contributed by atoms with E-state index in [-0.39, 0.29) is 6.54 Å². The van der Waals surface area contributed by atoms with E-state index in [1.807, 2.05) is 0 Å².